The second-order valence-electron chi connectivity index (χ2n) is 7.36. The van der Waals surface area contributed by atoms with E-state index in [0.717, 1.165) is 23.8 Å². The van der Waals surface area contributed by atoms with Gasteiger partial charge >= 0.3 is 6.18 Å². The van der Waals surface area contributed by atoms with E-state index in [1.807, 2.05) is 0 Å². The molecule has 0 spiro atoms. The van der Waals surface area contributed by atoms with E-state index >= 15 is 0 Å². The van der Waals surface area contributed by atoms with Gasteiger partial charge in [-0.2, -0.15) is 13.2 Å². The van der Waals surface area contributed by atoms with Crippen LogP contribution < -0.4 is 9.47 Å². The topological polar surface area (TPSA) is 85.2 Å². The third-order valence-corrected chi connectivity index (χ3v) is 5.33. The minimum Gasteiger partial charge on any atom is -0.496 e. The van der Waals surface area contributed by atoms with Gasteiger partial charge in [-0.25, -0.2) is 0 Å². The molecule has 1 aliphatic rings. The zero-order valence-corrected chi connectivity index (χ0v) is 18.4. The Morgan fingerprint density at radius 1 is 1.15 bits per heavy atom. The summed E-state index contributed by atoms with van der Waals surface area (Å²) in [5.41, 5.74) is 0.0741. The van der Waals surface area contributed by atoms with Gasteiger partial charge in [0.1, 0.15) is 17.1 Å². The number of hydrogen-bond acceptors (Lipinski definition) is 6. The SMILES string of the molecule is COc1ccc(Cl)cc1CN1CCN(C(=O)c2cc(OCC(F)(F)F)ccc2[N+](=O)[O-])CC1. The Bertz CT molecular complexity index is 1030. The molecule has 12 heteroatoms. The summed E-state index contributed by atoms with van der Waals surface area (Å²) in [4.78, 5) is 27.1. The molecule has 3 rings (SSSR count). The van der Waals surface area contributed by atoms with Crippen LogP contribution in [-0.2, 0) is 6.54 Å². The van der Waals surface area contributed by atoms with Gasteiger partial charge < -0.3 is 14.4 Å². The Labute approximate surface area is 192 Å². The van der Waals surface area contributed by atoms with Crippen molar-refractivity contribution >= 4 is 23.2 Å². The maximum absolute atomic E-state index is 13.0. The van der Waals surface area contributed by atoms with Crippen LogP contribution in [0.15, 0.2) is 36.4 Å². The fourth-order valence-corrected chi connectivity index (χ4v) is 3.69. The van der Waals surface area contributed by atoms with E-state index in [2.05, 4.69) is 9.64 Å². The number of piperazine rings is 1. The van der Waals surface area contributed by atoms with E-state index in [1.54, 1.807) is 25.3 Å². The minimum absolute atomic E-state index is 0.270. The zero-order chi connectivity index (χ0) is 24.2. The third kappa shape index (κ3) is 6.48. The molecule has 1 amide bonds. The number of methoxy groups -OCH3 is 1. The highest BCUT2D eigenvalue weighted by molar-refractivity contribution is 6.30. The van der Waals surface area contributed by atoms with Crippen molar-refractivity contribution in [3.05, 3.63) is 62.7 Å². The Morgan fingerprint density at radius 3 is 2.45 bits per heavy atom. The fourth-order valence-electron chi connectivity index (χ4n) is 3.49. The molecule has 178 valence electrons. The Hall–Kier alpha value is -3.05. The number of nitro benzene ring substituents is 1. The lowest BCUT2D eigenvalue weighted by atomic mass is 10.1. The molecule has 0 aliphatic carbocycles. The maximum atomic E-state index is 13.0. The van der Waals surface area contributed by atoms with Gasteiger partial charge in [-0.1, -0.05) is 11.6 Å². The molecule has 0 aromatic heterocycles. The van der Waals surface area contributed by atoms with E-state index in [4.69, 9.17) is 16.3 Å². The first-order valence-electron chi connectivity index (χ1n) is 9.89. The summed E-state index contributed by atoms with van der Waals surface area (Å²) in [6.07, 6.45) is -4.58. The third-order valence-electron chi connectivity index (χ3n) is 5.09. The predicted octanol–water partition coefficient (Wildman–Crippen LogP) is 4.16. The summed E-state index contributed by atoms with van der Waals surface area (Å²) >= 11 is 6.07. The first-order valence-corrected chi connectivity index (χ1v) is 10.3. The largest absolute Gasteiger partial charge is 0.496 e. The second-order valence-corrected chi connectivity index (χ2v) is 7.80. The van der Waals surface area contributed by atoms with Crippen LogP contribution in [0.5, 0.6) is 11.5 Å². The summed E-state index contributed by atoms with van der Waals surface area (Å²) in [5, 5.41) is 11.9. The highest BCUT2D eigenvalue weighted by atomic mass is 35.5. The van der Waals surface area contributed by atoms with Gasteiger partial charge in [-0.05, 0) is 30.3 Å². The second kappa shape index (κ2) is 10.3. The fraction of sp³-hybridized carbons (Fsp3) is 0.381. The summed E-state index contributed by atoms with van der Waals surface area (Å²) in [6.45, 7) is 0.509. The molecule has 1 heterocycles. The monoisotopic (exact) mass is 487 g/mol. The molecular weight excluding hydrogens is 467 g/mol. The normalized spacial score (nSPS) is 14.8. The van der Waals surface area contributed by atoms with Crippen LogP contribution in [0, 0.1) is 10.1 Å². The van der Waals surface area contributed by atoms with Crippen molar-refractivity contribution in [3.8, 4) is 11.5 Å². The van der Waals surface area contributed by atoms with Crippen molar-refractivity contribution in [3.63, 3.8) is 0 Å². The number of carbonyl (C=O) groups excluding carboxylic acids is 1. The summed E-state index contributed by atoms with van der Waals surface area (Å²) in [6, 6.07) is 8.28. The number of carbonyl (C=O) groups is 1. The molecular formula is C21H21ClF3N3O5. The van der Waals surface area contributed by atoms with Crippen LogP contribution in [0.2, 0.25) is 5.02 Å². The molecule has 2 aromatic rings. The molecule has 0 unspecified atom stereocenters. The lowest BCUT2D eigenvalue weighted by Crippen LogP contribution is -2.48. The Kier molecular flexibility index (Phi) is 7.65. The van der Waals surface area contributed by atoms with Crippen LogP contribution in [0.3, 0.4) is 0 Å². The standard InChI is InChI=1S/C21H21ClF3N3O5/c1-32-19-5-2-15(22)10-14(19)12-26-6-8-27(9-7-26)20(29)17-11-16(33-13-21(23,24)25)3-4-18(17)28(30)31/h2-5,10-11H,6-9,12-13H2,1H3. The van der Waals surface area contributed by atoms with Crippen LogP contribution in [0.4, 0.5) is 18.9 Å². The number of alkyl halides is 3. The molecule has 0 saturated carbocycles. The smallest absolute Gasteiger partial charge is 0.422 e. The molecule has 1 saturated heterocycles. The number of rotatable bonds is 7. The van der Waals surface area contributed by atoms with Crippen molar-refractivity contribution in [1.29, 1.82) is 0 Å². The average Bonchev–Trinajstić information content (AvgIpc) is 2.77. The first kappa shape index (κ1) is 24.6. The van der Waals surface area contributed by atoms with E-state index in [9.17, 15) is 28.1 Å². The number of nitrogens with zero attached hydrogens (tertiary/aromatic N) is 3. The molecule has 0 atom stereocenters. The molecule has 0 radical (unpaired) electrons. The molecule has 1 aliphatic heterocycles. The summed E-state index contributed by atoms with van der Waals surface area (Å²) in [7, 11) is 1.56. The van der Waals surface area contributed by atoms with E-state index < -0.39 is 29.3 Å². The molecule has 2 aromatic carbocycles. The van der Waals surface area contributed by atoms with Crippen molar-refractivity contribution in [2.24, 2.45) is 0 Å². The summed E-state index contributed by atoms with van der Waals surface area (Å²) in [5.74, 6) is -0.226. The Balaban J connectivity index is 1.69. The highest BCUT2D eigenvalue weighted by Crippen LogP contribution is 2.28. The zero-order valence-electron chi connectivity index (χ0n) is 17.6. The van der Waals surface area contributed by atoms with Crippen molar-refractivity contribution in [2.75, 3.05) is 39.9 Å². The van der Waals surface area contributed by atoms with Crippen molar-refractivity contribution in [1.82, 2.24) is 9.80 Å². The molecule has 33 heavy (non-hydrogen) atoms. The Morgan fingerprint density at radius 2 is 1.85 bits per heavy atom. The number of amides is 1. The van der Waals surface area contributed by atoms with Gasteiger partial charge in [0.25, 0.3) is 11.6 Å². The number of benzene rings is 2. The number of nitro groups is 1. The molecule has 8 nitrogen and oxygen atoms in total. The van der Waals surface area contributed by atoms with Gasteiger partial charge in [0, 0.05) is 49.4 Å². The maximum Gasteiger partial charge on any atom is 0.422 e. The molecule has 0 N–H and O–H groups in total. The highest BCUT2D eigenvalue weighted by Gasteiger charge is 2.31. The van der Waals surface area contributed by atoms with Gasteiger partial charge in [-0.15, -0.1) is 0 Å². The van der Waals surface area contributed by atoms with Crippen molar-refractivity contribution < 1.29 is 32.4 Å². The van der Waals surface area contributed by atoms with Crippen LogP contribution in [0.25, 0.3) is 0 Å². The summed E-state index contributed by atoms with van der Waals surface area (Å²) < 4.78 is 47.3. The van der Waals surface area contributed by atoms with Crippen molar-refractivity contribution in [2.45, 2.75) is 12.7 Å². The average molecular weight is 488 g/mol. The predicted molar refractivity (Wildman–Crippen MR) is 114 cm³/mol. The van der Waals surface area contributed by atoms with Gasteiger partial charge in [0.05, 0.1) is 12.0 Å². The van der Waals surface area contributed by atoms with Gasteiger partial charge in [0.15, 0.2) is 6.61 Å². The molecule has 0 bridgehead atoms. The lowest BCUT2D eigenvalue weighted by molar-refractivity contribution is -0.385. The number of hydrogen-bond donors (Lipinski definition) is 0. The van der Waals surface area contributed by atoms with Crippen LogP contribution >= 0.6 is 11.6 Å². The minimum atomic E-state index is -4.58. The number of halogens is 4. The van der Waals surface area contributed by atoms with Crippen LogP contribution in [0.1, 0.15) is 15.9 Å². The van der Waals surface area contributed by atoms with E-state index in [1.165, 1.54) is 4.90 Å². The van der Waals surface area contributed by atoms with E-state index in [0.29, 0.717) is 30.4 Å². The van der Waals surface area contributed by atoms with Crippen LogP contribution in [-0.4, -0.2) is 66.7 Å². The quantitative estimate of drug-likeness (QED) is 0.431. The number of ether oxygens (including phenoxy) is 2. The molecule has 1 fully saturated rings. The lowest BCUT2D eigenvalue weighted by Gasteiger charge is -2.35. The van der Waals surface area contributed by atoms with E-state index in [-0.39, 0.29) is 24.4 Å². The first-order chi connectivity index (χ1) is 15.6. The van der Waals surface area contributed by atoms with Gasteiger partial charge in [-0.3, -0.25) is 19.8 Å². The van der Waals surface area contributed by atoms with Gasteiger partial charge in [0.2, 0.25) is 0 Å².